The third kappa shape index (κ3) is 3.89. The smallest absolute Gasteiger partial charge is 0.307 e. The molecule has 0 saturated carbocycles. The van der Waals surface area contributed by atoms with Gasteiger partial charge in [0.15, 0.2) is 0 Å². The Morgan fingerprint density at radius 3 is 2.56 bits per heavy atom. The van der Waals surface area contributed by atoms with Crippen LogP contribution in [0.2, 0.25) is 0 Å². The predicted molar refractivity (Wildman–Crippen MR) is 71.6 cm³/mol. The molecule has 4 heteroatoms. The molecule has 0 amide bonds. The Bertz CT molecular complexity index is 511. The van der Waals surface area contributed by atoms with E-state index in [0.29, 0.717) is 0 Å². The standard InChI is InChI=1S/C14H13NO2S/c16-14(17)8-11-3-5-13(6-4-11)18-10-12-2-1-7-15-9-12/h1-7,9H,8,10H2,(H,16,17). The minimum absolute atomic E-state index is 0.0769. The Morgan fingerprint density at radius 1 is 1.17 bits per heavy atom. The lowest BCUT2D eigenvalue weighted by Gasteiger charge is -2.03. The van der Waals surface area contributed by atoms with E-state index < -0.39 is 5.97 Å². The molecule has 0 atom stereocenters. The lowest BCUT2D eigenvalue weighted by Crippen LogP contribution is -1.99. The minimum Gasteiger partial charge on any atom is -0.481 e. The van der Waals surface area contributed by atoms with E-state index in [4.69, 9.17) is 5.11 Å². The van der Waals surface area contributed by atoms with Gasteiger partial charge in [-0.3, -0.25) is 9.78 Å². The van der Waals surface area contributed by atoms with Crippen LogP contribution in [-0.2, 0) is 17.0 Å². The van der Waals surface area contributed by atoms with Crippen LogP contribution in [0.1, 0.15) is 11.1 Å². The molecule has 0 spiro atoms. The van der Waals surface area contributed by atoms with Crippen LogP contribution in [0.4, 0.5) is 0 Å². The Balaban J connectivity index is 1.92. The Hall–Kier alpha value is -1.81. The summed E-state index contributed by atoms with van der Waals surface area (Å²) < 4.78 is 0. The van der Waals surface area contributed by atoms with Crippen LogP contribution < -0.4 is 0 Å². The summed E-state index contributed by atoms with van der Waals surface area (Å²) in [5.41, 5.74) is 2.00. The number of aliphatic carboxylic acids is 1. The van der Waals surface area contributed by atoms with Gasteiger partial charge >= 0.3 is 5.97 Å². The number of benzene rings is 1. The van der Waals surface area contributed by atoms with E-state index in [0.717, 1.165) is 16.2 Å². The van der Waals surface area contributed by atoms with Gasteiger partial charge in [0, 0.05) is 23.0 Å². The summed E-state index contributed by atoms with van der Waals surface area (Å²) in [6.07, 6.45) is 3.69. The van der Waals surface area contributed by atoms with Gasteiger partial charge in [-0.2, -0.15) is 0 Å². The number of pyridine rings is 1. The van der Waals surface area contributed by atoms with Crippen LogP contribution in [0.3, 0.4) is 0 Å². The molecule has 0 aliphatic rings. The highest BCUT2D eigenvalue weighted by atomic mass is 32.2. The molecule has 0 aliphatic heterocycles. The van der Waals surface area contributed by atoms with Crippen LogP contribution in [0.5, 0.6) is 0 Å². The summed E-state index contributed by atoms with van der Waals surface area (Å²) in [7, 11) is 0. The van der Waals surface area contributed by atoms with E-state index in [9.17, 15) is 4.79 Å². The first-order valence-corrected chi connectivity index (χ1v) is 6.55. The molecule has 1 N–H and O–H groups in total. The van der Waals surface area contributed by atoms with E-state index in [1.54, 1.807) is 18.0 Å². The van der Waals surface area contributed by atoms with Crippen molar-refractivity contribution in [3.05, 3.63) is 59.9 Å². The van der Waals surface area contributed by atoms with Crippen LogP contribution >= 0.6 is 11.8 Å². The van der Waals surface area contributed by atoms with Gasteiger partial charge in [0.1, 0.15) is 0 Å². The number of nitrogens with zero attached hydrogens (tertiary/aromatic N) is 1. The van der Waals surface area contributed by atoms with Crippen LogP contribution in [0.15, 0.2) is 53.7 Å². The number of rotatable bonds is 5. The van der Waals surface area contributed by atoms with Gasteiger partial charge in [-0.25, -0.2) is 0 Å². The molecule has 0 aliphatic carbocycles. The minimum atomic E-state index is -0.800. The molecule has 1 aromatic heterocycles. The highest BCUT2D eigenvalue weighted by Crippen LogP contribution is 2.22. The van der Waals surface area contributed by atoms with Crippen molar-refractivity contribution >= 4 is 17.7 Å². The summed E-state index contributed by atoms with van der Waals surface area (Å²) in [5.74, 6) is 0.0670. The fourth-order valence-electron chi connectivity index (χ4n) is 1.53. The largest absolute Gasteiger partial charge is 0.481 e. The number of carbonyl (C=O) groups is 1. The summed E-state index contributed by atoms with van der Waals surface area (Å²) in [6.45, 7) is 0. The van der Waals surface area contributed by atoms with Crippen LogP contribution in [0.25, 0.3) is 0 Å². The van der Waals surface area contributed by atoms with Crippen LogP contribution in [-0.4, -0.2) is 16.1 Å². The SMILES string of the molecule is O=C(O)Cc1ccc(SCc2cccnc2)cc1. The highest BCUT2D eigenvalue weighted by molar-refractivity contribution is 7.98. The molecule has 92 valence electrons. The fourth-order valence-corrected chi connectivity index (χ4v) is 2.36. The molecule has 2 aromatic rings. The number of hydrogen-bond acceptors (Lipinski definition) is 3. The van der Waals surface area contributed by atoms with Gasteiger partial charge in [0.25, 0.3) is 0 Å². The number of carboxylic acids is 1. The molecule has 3 nitrogen and oxygen atoms in total. The second-order valence-electron chi connectivity index (χ2n) is 3.86. The van der Waals surface area contributed by atoms with Gasteiger partial charge in [-0.05, 0) is 29.3 Å². The van der Waals surface area contributed by atoms with Gasteiger partial charge in [0.2, 0.25) is 0 Å². The topological polar surface area (TPSA) is 50.2 Å². The molecule has 18 heavy (non-hydrogen) atoms. The first-order valence-electron chi connectivity index (χ1n) is 5.56. The van der Waals surface area contributed by atoms with Crippen LogP contribution in [0, 0.1) is 0 Å². The highest BCUT2D eigenvalue weighted by Gasteiger charge is 2.01. The Labute approximate surface area is 110 Å². The molecular weight excluding hydrogens is 246 g/mol. The van der Waals surface area contributed by atoms with Crippen molar-refractivity contribution in [1.82, 2.24) is 4.98 Å². The quantitative estimate of drug-likeness (QED) is 0.839. The van der Waals surface area contributed by atoms with Gasteiger partial charge in [0.05, 0.1) is 6.42 Å². The lowest BCUT2D eigenvalue weighted by molar-refractivity contribution is -0.136. The van der Waals surface area contributed by atoms with Gasteiger partial charge in [-0.15, -0.1) is 11.8 Å². The lowest BCUT2D eigenvalue weighted by atomic mass is 10.2. The van der Waals surface area contributed by atoms with Gasteiger partial charge < -0.3 is 5.11 Å². The van der Waals surface area contributed by atoms with Crippen molar-refractivity contribution in [2.75, 3.05) is 0 Å². The number of carboxylic acid groups (broad SMARTS) is 1. The maximum Gasteiger partial charge on any atom is 0.307 e. The number of aromatic nitrogens is 1. The maximum absolute atomic E-state index is 10.6. The molecule has 0 radical (unpaired) electrons. The molecule has 1 aromatic carbocycles. The molecule has 0 bridgehead atoms. The van der Waals surface area contributed by atoms with E-state index in [2.05, 4.69) is 4.98 Å². The van der Waals surface area contributed by atoms with Gasteiger partial charge in [-0.1, -0.05) is 18.2 Å². The van der Waals surface area contributed by atoms with Crippen molar-refractivity contribution in [1.29, 1.82) is 0 Å². The normalized spacial score (nSPS) is 10.2. The fraction of sp³-hybridized carbons (Fsp3) is 0.143. The molecule has 0 fully saturated rings. The summed E-state index contributed by atoms with van der Waals surface area (Å²) in [6, 6.07) is 11.6. The summed E-state index contributed by atoms with van der Waals surface area (Å²) >= 11 is 1.71. The Morgan fingerprint density at radius 2 is 1.94 bits per heavy atom. The summed E-state index contributed by atoms with van der Waals surface area (Å²) in [4.78, 5) is 15.7. The van der Waals surface area contributed by atoms with Crippen molar-refractivity contribution in [3.63, 3.8) is 0 Å². The van der Waals surface area contributed by atoms with Crippen molar-refractivity contribution in [2.45, 2.75) is 17.1 Å². The third-order valence-electron chi connectivity index (χ3n) is 2.41. The Kier molecular flexibility index (Phi) is 4.36. The van der Waals surface area contributed by atoms with E-state index in [1.807, 2.05) is 42.6 Å². The molecule has 1 heterocycles. The first-order chi connectivity index (χ1) is 8.74. The molecule has 0 unspecified atom stereocenters. The monoisotopic (exact) mass is 259 g/mol. The van der Waals surface area contributed by atoms with E-state index >= 15 is 0 Å². The molecular formula is C14H13NO2S. The maximum atomic E-state index is 10.6. The zero-order valence-corrected chi connectivity index (χ0v) is 10.6. The number of hydrogen-bond donors (Lipinski definition) is 1. The second kappa shape index (κ2) is 6.21. The predicted octanol–water partition coefficient (Wildman–Crippen LogP) is 3.00. The van der Waals surface area contributed by atoms with E-state index in [1.165, 1.54) is 5.56 Å². The number of thioether (sulfide) groups is 1. The van der Waals surface area contributed by atoms with E-state index in [-0.39, 0.29) is 6.42 Å². The third-order valence-corrected chi connectivity index (χ3v) is 3.49. The zero-order chi connectivity index (χ0) is 12.8. The second-order valence-corrected chi connectivity index (χ2v) is 4.91. The zero-order valence-electron chi connectivity index (χ0n) is 9.74. The molecule has 0 saturated heterocycles. The average molecular weight is 259 g/mol. The summed E-state index contributed by atoms with van der Waals surface area (Å²) in [5, 5.41) is 8.68. The molecule has 2 rings (SSSR count). The van der Waals surface area contributed by atoms with Crippen molar-refractivity contribution < 1.29 is 9.90 Å². The average Bonchev–Trinajstić information content (AvgIpc) is 2.38. The van der Waals surface area contributed by atoms with Crippen molar-refractivity contribution in [2.24, 2.45) is 0 Å². The van der Waals surface area contributed by atoms with Crippen molar-refractivity contribution in [3.8, 4) is 0 Å². The first kappa shape index (κ1) is 12.6.